The molecule has 8 heteroatoms. The van der Waals surface area contributed by atoms with E-state index in [0.717, 1.165) is 43.5 Å². The molecule has 1 fully saturated rings. The van der Waals surface area contributed by atoms with Crippen molar-refractivity contribution >= 4 is 17.5 Å². The second kappa shape index (κ2) is 12.0. The van der Waals surface area contributed by atoms with E-state index in [1.54, 1.807) is 0 Å². The summed E-state index contributed by atoms with van der Waals surface area (Å²) in [6, 6.07) is 15.5. The van der Waals surface area contributed by atoms with Gasteiger partial charge in [-0.25, -0.2) is 0 Å². The molecule has 1 unspecified atom stereocenters. The minimum atomic E-state index is -0.0280. The molecule has 3 aromatic rings. The van der Waals surface area contributed by atoms with Gasteiger partial charge < -0.3 is 14.6 Å². The number of carbonyl (C=O) groups excluding carboxylic acids is 1. The maximum atomic E-state index is 12.8. The highest BCUT2D eigenvalue weighted by atomic mass is 35.5. The molecule has 1 atom stereocenters. The molecule has 0 spiro atoms. The van der Waals surface area contributed by atoms with Crippen molar-refractivity contribution in [3.8, 4) is 17.1 Å². The molecule has 0 saturated carbocycles. The number of para-hydroxylation sites is 1. The van der Waals surface area contributed by atoms with Crippen LogP contribution in [0.4, 0.5) is 0 Å². The van der Waals surface area contributed by atoms with Crippen LogP contribution >= 0.6 is 11.6 Å². The molecule has 2 heterocycles. The molecule has 0 bridgehead atoms. The van der Waals surface area contributed by atoms with Crippen molar-refractivity contribution in [2.75, 3.05) is 26.2 Å². The molecule has 0 radical (unpaired) electrons. The molecule has 1 saturated heterocycles. The van der Waals surface area contributed by atoms with Gasteiger partial charge in [0.2, 0.25) is 17.6 Å². The Hall–Kier alpha value is -2.90. The van der Waals surface area contributed by atoms with Crippen LogP contribution in [0.3, 0.4) is 0 Å². The highest BCUT2D eigenvalue weighted by Crippen LogP contribution is 2.23. The summed E-state index contributed by atoms with van der Waals surface area (Å²) in [5, 5.41) is 7.83. The predicted octanol–water partition coefficient (Wildman–Crippen LogP) is 4.75. The number of aromatic nitrogens is 2. The lowest BCUT2D eigenvalue weighted by molar-refractivity contribution is -0.126. The van der Waals surface area contributed by atoms with Crippen LogP contribution in [-0.2, 0) is 17.8 Å². The van der Waals surface area contributed by atoms with Gasteiger partial charge in [0.15, 0.2) is 0 Å². The van der Waals surface area contributed by atoms with E-state index in [-0.39, 0.29) is 11.8 Å². The Morgan fingerprint density at radius 2 is 2.15 bits per heavy atom. The second-order valence-corrected chi connectivity index (χ2v) is 8.97. The molecular formula is C26H31ClN4O3. The van der Waals surface area contributed by atoms with Gasteiger partial charge in [-0.1, -0.05) is 47.1 Å². The number of carbonyl (C=O) groups is 1. The molecule has 4 rings (SSSR count). The third kappa shape index (κ3) is 6.58. The number of aryl methyl sites for hydroxylation is 1. The molecule has 1 N–H and O–H groups in total. The summed E-state index contributed by atoms with van der Waals surface area (Å²) >= 11 is 6.06. The van der Waals surface area contributed by atoms with Crippen LogP contribution in [0.5, 0.6) is 5.75 Å². The normalized spacial score (nSPS) is 16.4. The van der Waals surface area contributed by atoms with E-state index in [0.29, 0.717) is 43.0 Å². The summed E-state index contributed by atoms with van der Waals surface area (Å²) in [7, 11) is 0. The van der Waals surface area contributed by atoms with E-state index >= 15 is 0 Å². The molecule has 2 aromatic carbocycles. The minimum absolute atomic E-state index is 0.0280. The highest BCUT2D eigenvalue weighted by Gasteiger charge is 2.26. The van der Waals surface area contributed by atoms with E-state index < -0.39 is 0 Å². The van der Waals surface area contributed by atoms with Crippen LogP contribution in [-0.4, -0.2) is 47.2 Å². The first kappa shape index (κ1) is 24.2. The van der Waals surface area contributed by atoms with Gasteiger partial charge in [0.25, 0.3) is 0 Å². The van der Waals surface area contributed by atoms with E-state index in [1.807, 2.05) is 49.4 Å². The van der Waals surface area contributed by atoms with Crippen LogP contribution in [0.15, 0.2) is 53.1 Å². The molecular weight excluding hydrogens is 452 g/mol. The van der Waals surface area contributed by atoms with Crippen molar-refractivity contribution in [3.63, 3.8) is 0 Å². The largest absolute Gasteiger partial charge is 0.494 e. The maximum absolute atomic E-state index is 12.8. The zero-order chi connectivity index (χ0) is 23.8. The quantitative estimate of drug-likeness (QED) is 0.420. The fourth-order valence-corrected chi connectivity index (χ4v) is 4.50. The smallest absolute Gasteiger partial charge is 0.241 e. The summed E-state index contributed by atoms with van der Waals surface area (Å²) in [5.74, 6) is 2.09. The summed E-state index contributed by atoms with van der Waals surface area (Å²) in [5.41, 5.74) is 2.00. The number of benzene rings is 2. The standard InChI is InChI=1S/C26H31ClN4O3/c1-2-33-23-13-4-3-8-19(23)10-6-14-28-26(32)21-11-7-15-31(17-21)18-24-29-25(30-34-24)20-9-5-12-22(27)16-20/h3-5,8-9,12-13,16,21H,2,6-7,10-11,14-15,17-18H2,1H3,(H,28,32). The Morgan fingerprint density at radius 1 is 1.26 bits per heavy atom. The fraction of sp³-hybridized carbons (Fsp3) is 0.423. The van der Waals surface area contributed by atoms with Crippen molar-refractivity contribution < 1.29 is 14.1 Å². The van der Waals surface area contributed by atoms with Crippen molar-refractivity contribution in [1.29, 1.82) is 0 Å². The molecule has 180 valence electrons. The van der Waals surface area contributed by atoms with Crippen molar-refractivity contribution in [2.45, 2.75) is 39.2 Å². The molecule has 1 aliphatic heterocycles. The van der Waals surface area contributed by atoms with Gasteiger partial charge in [-0.3, -0.25) is 9.69 Å². The van der Waals surface area contributed by atoms with Gasteiger partial charge in [0, 0.05) is 23.7 Å². The Labute approximate surface area is 205 Å². The lowest BCUT2D eigenvalue weighted by Gasteiger charge is -2.30. The maximum Gasteiger partial charge on any atom is 0.241 e. The molecule has 1 aliphatic rings. The van der Waals surface area contributed by atoms with E-state index in [2.05, 4.69) is 26.4 Å². The number of hydrogen-bond acceptors (Lipinski definition) is 6. The summed E-state index contributed by atoms with van der Waals surface area (Å²) in [4.78, 5) is 19.5. The average Bonchev–Trinajstić information content (AvgIpc) is 3.31. The van der Waals surface area contributed by atoms with Crippen molar-refractivity contribution in [2.24, 2.45) is 5.92 Å². The zero-order valence-electron chi connectivity index (χ0n) is 19.5. The van der Waals surface area contributed by atoms with Gasteiger partial charge in [-0.05, 0) is 62.9 Å². The van der Waals surface area contributed by atoms with Gasteiger partial charge in [-0.2, -0.15) is 4.98 Å². The predicted molar refractivity (Wildman–Crippen MR) is 132 cm³/mol. The lowest BCUT2D eigenvalue weighted by Crippen LogP contribution is -2.43. The zero-order valence-corrected chi connectivity index (χ0v) is 20.3. The number of piperidine rings is 1. The number of hydrogen-bond donors (Lipinski definition) is 1. The third-order valence-corrected chi connectivity index (χ3v) is 6.22. The lowest BCUT2D eigenvalue weighted by atomic mass is 9.97. The first-order valence-electron chi connectivity index (χ1n) is 11.9. The fourth-order valence-electron chi connectivity index (χ4n) is 4.31. The number of nitrogens with one attached hydrogen (secondary N) is 1. The Kier molecular flexibility index (Phi) is 8.55. The van der Waals surface area contributed by atoms with Crippen LogP contribution in [0, 0.1) is 5.92 Å². The number of rotatable bonds is 10. The van der Waals surface area contributed by atoms with Crippen molar-refractivity contribution in [3.05, 3.63) is 65.0 Å². The average molecular weight is 483 g/mol. The first-order valence-corrected chi connectivity index (χ1v) is 12.3. The molecule has 1 amide bonds. The van der Waals surface area contributed by atoms with E-state index in [1.165, 1.54) is 5.56 Å². The number of halogens is 1. The number of ether oxygens (including phenoxy) is 1. The van der Waals surface area contributed by atoms with Gasteiger partial charge >= 0.3 is 0 Å². The second-order valence-electron chi connectivity index (χ2n) is 8.53. The third-order valence-electron chi connectivity index (χ3n) is 5.98. The molecule has 34 heavy (non-hydrogen) atoms. The number of likely N-dealkylation sites (tertiary alicyclic amines) is 1. The van der Waals surface area contributed by atoms with E-state index in [9.17, 15) is 4.79 Å². The summed E-state index contributed by atoms with van der Waals surface area (Å²) in [6.07, 6.45) is 3.61. The Morgan fingerprint density at radius 3 is 3.00 bits per heavy atom. The van der Waals surface area contributed by atoms with Gasteiger partial charge in [0.1, 0.15) is 5.75 Å². The highest BCUT2D eigenvalue weighted by molar-refractivity contribution is 6.30. The minimum Gasteiger partial charge on any atom is -0.494 e. The van der Waals surface area contributed by atoms with Crippen LogP contribution in [0.2, 0.25) is 5.02 Å². The topological polar surface area (TPSA) is 80.5 Å². The number of nitrogens with zero attached hydrogens (tertiary/aromatic N) is 3. The monoisotopic (exact) mass is 482 g/mol. The van der Waals surface area contributed by atoms with Gasteiger partial charge in [-0.15, -0.1) is 0 Å². The summed E-state index contributed by atoms with van der Waals surface area (Å²) in [6.45, 7) is 5.42. The molecule has 0 aliphatic carbocycles. The SMILES string of the molecule is CCOc1ccccc1CCCNC(=O)C1CCCN(Cc2nc(-c3cccc(Cl)c3)no2)C1. The van der Waals surface area contributed by atoms with E-state index in [4.69, 9.17) is 20.9 Å². The molecule has 1 aromatic heterocycles. The Bertz CT molecular complexity index is 1090. The van der Waals surface area contributed by atoms with Gasteiger partial charge in [0.05, 0.1) is 19.1 Å². The molecule has 7 nitrogen and oxygen atoms in total. The van der Waals surface area contributed by atoms with Crippen LogP contribution in [0.1, 0.15) is 37.6 Å². The van der Waals surface area contributed by atoms with Crippen LogP contribution in [0.25, 0.3) is 11.4 Å². The summed E-state index contributed by atoms with van der Waals surface area (Å²) < 4.78 is 11.1. The van der Waals surface area contributed by atoms with Crippen molar-refractivity contribution in [1.82, 2.24) is 20.4 Å². The first-order chi connectivity index (χ1) is 16.6. The number of amides is 1. The van der Waals surface area contributed by atoms with Crippen LogP contribution < -0.4 is 10.1 Å². The Balaban J connectivity index is 1.23.